The van der Waals surface area contributed by atoms with E-state index in [9.17, 15) is 13.6 Å². The molecule has 1 aromatic rings. The van der Waals surface area contributed by atoms with Crippen molar-refractivity contribution in [1.82, 2.24) is 0 Å². The summed E-state index contributed by atoms with van der Waals surface area (Å²) < 4.78 is 31.3. The van der Waals surface area contributed by atoms with Crippen LogP contribution in [0.1, 0.15) is 23.7 Å². The van der Waals surface area contributed by atoms with Gasteiger partial charge in [0.15, 0.2) is 5.82 Å². The van der Waals surface area contributed by atoms with Gasteiger partial charge in [-0.15, -0.1) is 0 Å². The molecule has 1 rings (SSSR count). The Balaban J connectivity index is 3.13. The van der Waals surface area contributed by atoms with Crippen molar-refractivity contribution in [3.05, 3.63) is 27.7 Å². The Morgan fingerprint density at radius 1 is 1.56 bits per heavy atom. The molecule has 0 radical (unpaired) electrons. The number of ether oxygens (including phenoxy) is 1. The Hall–Kier alpha value is -1.17. The quantitative estimate of drug-likeness (QED) is 0.530. The largest absolute Gasteiger partial charge is 0.462 e. The molecular formula is C10H10BrF2NO2. The second-order valence-electron chi connectivity index (χ2n) is 3.08. The van der Waals surface area contributed by atoms with Gasteiger partial charge in [-0.05, 0) is 28.4 Å². The minimum atomic E-state index is -0.955. The minimum Gasteiger partial charge on any atom is -0.462 e. The third kappa shape index (κ3) is 2.49. The molecular weight excluding hydrogens is 284 g/mol. The lowest BCUT2D eigenvalue weighted by Gasteiger charge is -2.08. The summed E-state index contributed by atoms with van der Waals surface area (Å²) in [6.07, 6.45) is 0.590. The molecule has 6 heteroatoms. The molecule has 0 amide bonds. The predicted molar refractivity (Wildman–Crippen MR) is 59.0 cm³/mol. The molecule has 0 heterocycles. The van der Waals surface area contributed by atoms with Gasteiger partial charge in [0.2, 0.25) is 0 Å². The summed E-state index contributed by atoms with van der Waals surface area (Å²) in [7, 11) is 0. The summed E-state index contributed by atoms with van der Waals surface area (Å²) >= 11 is 2.79. The zero-order chi connectivity index (χ0) is 12.3. The summed E-state index contributed by atoms with van der Waals surface area (Å²) in [5.74, 6) is -2.74. The predicted octanol–water partition coefficient (Wildman–Crippen LogP) is 2.88. The third-order valence-electron chi connectivity index (χ3n) is 1.85. The first kappa shape index (κ1) is 12.9. The van der Waals surface area contributed by atoms with Crippen LogP contribution in [0.3, 0.4) is 0 Å². The van der Waals surface area contributed by atoms with E-state index in [0.717, 1.165) is 6.07 Å². The fourth-order valence-electron chi connectivity index (χ4n) is 1.09. The van der Waals surface area contributed by atoms with E-state index in [1.807, 2.05) is 0 Å². The van der Waals surface area contributed by atoms with Gasteiger partial charge in [-0.2, -0.15) is 0 Å². The van der Waals surface area contributed by atoms with Crippen LogP contribution in [-0.2, 0) is 4.74 Å². The lowest BCUT2D eigenvalue weighted by Crippen LogP contribution is -2.13. The fraction of sp³-hybridized carbons (Fsp3) is 0.300. The Bertz CT molecular complexity index is 424. The van der Waals surface area contributed by atoms with E-state index in [1.54, 1.807) is 6.92 Å². The lowest BCUT2D eigenvalue weighted by atomic mass is 10.1. The van der Waals surface area contributed by atoms with Crippen LogP contribution in [0.2, 0.25) is 0 Å². The number of carbonyl (C=O) groups excluding carboxylic acids is 1. The highest BCUT2D eigenvalue weighted by molar-refractivity contribution is 9.10. The van der Waals surface area contributed by atoms with Crippen molar-refractivity contribution in [3.8, 4) is 0 Å². The van der Waals surface area contributed by atoms with Crippen LogP contribution in [0.4, 0.5) is 14.5 Å². The number of anilines is 1. The SMILES string of the molecule is CCCOC(=O)c1c(F)cc(Br)c(F)c1N. The molecule has 0 saturated heterocycles. The summed E-state index contributed by atoms with van der Waals surface area (Å²) in [5, 5.41) is 0. The highest BCUT2D eigenvalue weighted by atomic mass is 79.9. The number of hydrogen-bond acceptors (Lipinski definition) is 3. The number of benzene rings is 1. The number of hydrogen-bond donors (Lipinski definition) is 1. The average molecular weight is 294 g/mol. The molecule has 0 aliphatic heterocycles. The Kier molecular flexibility index (Phi) is 4.23. The number of carbonyl (C=O) groups is 1. The molecule has 0 atom stereocenters. The highest BCUT2D eigenvalue weighted by Crippen LogP contribution is 2.27. The molecule has 0 saturated carbocycles. The van der Waals surface area contributed by atoms with Crippen LogP contribution in [0.15, 0.2) is 10.5 Å². The highest BCUT2D eigenvalue weighted by Gasteiger charge is 2.22. The molecule has 1 aromatic carbocycles. The monoisotopic (exact) mass is 293 g/mol. The Morgan fingerprint density at radius 3 is 2.75 bits per heavy atom. The molecule has 0 spiro atoms. The van der Waals surface area contributed by atoms with E-state index < -0.39 is 28.9 Å². The van der Waals surface area contributed by atoms with E-state index in [2.05, 4.69) is 15.9 Å². The zero-order valence-corrected chi connectivity index (χ0v) is 10.1. The van der Waals surface area contributed by atoms with Crippen LogP contribution in [0, 0.1) is 11.6 Å². The summed E-state index contributed by atoms with van der Waals surface area (Å²) in [6.45, 7) is 1.92. The number of halogens is 3. The molecule has 0 aliphatic rings. The number of rotatable bonds is 3. The Labute approximate surface area is 99.7 Å². The van der Waals surface area contributed by atoms with Gasteiger partial charge in [0.25, 0.3) is 0 Å². The van der Waals surface area contributed by atoms with Gasteiger partial charge in [-0.25, -0.2) is 13.6 Å². The van der Waals surface area contributed by atoms with Gasteiger partial charge in [-0.1, -0.05) is 6.92 Å². The van der Waals surface area contributed by atoms with Crippen molar-refractivity contribution in [2.24, 2.45) is 0 Å². The van der Waals surface area contributed by atoms with Gasteiger partial charge in [0.1, 0.15) is 11.4 Å². The van der Waals surface area contributed by atoms with Crippen molar-refractivity contribution in [1.29, 1.82) is 0 Å². The average Bonchev–Trinajstić information content (AvgIpc) is 2.23. The van der Waals surface area contributed by atoms with Crippen LogP contribution in [0.5, 0.6) is 0 Å². The second-order valence-corrected chi connectivity index (χ2v) is 3.93. The van der Waals surface area contributed by atoms with E-state index in [-0.39, 0.29) is 11.1 Å². The summed E-state index contributed by atoms with van der Waals surface area (Å²) in [6, 6.07) is 0.842. The van der Waals surface area contributed by atoms with Gasteiger partial charge < -0.3 is 10.5 Å². The molecule has 2 N–H and O–H groups in total. The first-order valence-corrected chi connectivity index (χ1v) is 5.38. The molecule has 3 nitrogen and oxygen atoms in total. The molecule has 0 aliphatic carbocycles. The van der Waals surface area contributed by atoms with Crippen LogP contribution in [0.25, 0.3) is 0 Å². The number of esters is 1. The van der Waals surface area contributed by atoms with Crippen molar-refractivity contribution >= 4 is 27.6 Å². The van der Waals surface area contributed by atoms with E-state index in [4.69, 9.17) is 10.5 Å². The third-order valence-corrected chi connectivity index (χ3v) is 2.43. The maximum atomic E-state index is 13.4. The standard InChI is InChI=1S/C10H10BrF2NO2/c1-2-3-16-10(15)7-6(12)4-5(11)8(13)9(7)14/h4H,2-3,14H2,1H3. The van der Waals surface area contributed by atoms with Crippen LogP contribution >= 0.6 is 15.9 Å². The van der Waals surface area contributed by atoms with Crippen LogP contribution in [-0.4, -0.2) is 12.6 Å². The molecule has 0 bridgehead atoms. The topological polar surface area (TPSA) is 52.3 Å². The minimum absolute atomic E-state index is 0.130. The van der Waals surface area contributed by atoms with Crippen molar-refractivity contribution in [3.63, 3.8) is 0 Å². The first-order chi connectivity index (χ1) is 7.49. The lowest BCUT2D eigenvalue weighted by molar-refractivity contribution is 0.0500. The molecule has 0 aromatic heterocycles. The van der Waals surface area contributed by atoms with Crippen molar-refractivity contribution < 1.29 is 18.3 Å². The van der Waals surface area contributed by atoms with Crippen molar-refractivity contribution in [2.75, 3.05) is 12.3 Å². The fourth-order valence-corrected chi connectivity index (χ4v) is 1.50. The van der Waals surface area contributed by atoms with E-state index in [1.165, 1.54) is 0 Å². The van der Waals surface area contributed by atoms with Gasteiger partial charge in [0.05, 0.1) is 16.8 Å². The Morgan fingerprint density at radius 2 is 2.19 bits per heavy atom. The van der Waals surface area contributed by atoms with Crippen molar-refractivity contribution in [2.45, 2.75) is 13.3 Å². The molecule has 88 valence electrons. The normalized spacial score (nSPS) is 10.2. The van der Waals surface area contributed by atoms with E-state index >= 15 is 0 Å². The number of nitrogens with two attached hydrogens (primary N) is 1. The molecule has 0 unspecified atom stereocenters. The molecule has 16 heavy (non-hydrogen) atoms. The van der Waals surface area contributed by atoms with Gasteiger partial charge in [0, 0.05) is 0 Å². The maximum absolute atomic E-state index is 13.4. The smallest absolute Gasteiger partial charge is 0.343 e. The first-order valence-electron chi connectivity index (χ1n) is 4.59. The van der Waals surface area contributed by atoms with Gasteiger partial charge >= 0.3 is 5.97 Å². The zero-order valence-electron chi connectivity index (χ0n) is 8.52. The molecule has 0 fully saturated rings. The number of nitrogen functional groups attached to an aromatic ring is 1. The summed E-state index contributed by atoms with van der Waals surface area (Å²) in [5.41, 5.74) is 4.20. The maximum Gasteiger partial charge on any atom is 0.343 e. The second kappa shape index (κ2) is 5.25. The summed E-state index contributed by atoms with van der Waals surface area (Å²) in [4.78, 5) is 11.4. The van der Waals surface area contributed by atoms with Gasteiger partial charge in [-0.3, -0.25) is 0 Å². The van der Waals surface area contributed by atoms with Crippen LogP contribution < -0.4 is 5.73 Å². The van der Waals surface area contributed by atoms with E-state index in [0.29, 0.717) is 6.42 Å².